The van der Waals surface area contributed by atoms with Gasteiger partial charge in [0, 0.05) is 38.9 Å². The van der Waals surface area contributed by atoms with Crippen LogP contribution in [0.15, 0.2) is 200 Å². The van der Waals surface area contributed by atoms with Gasteiger partial charge in [0.25, 0.3) is 0 Å². The molecule has 3 heteroatoms. The van der Waals surface area contributed by atoms with Crippen molar-refractivity contribution >= 4 is 95.3 Å². The molecule has 0 atom stereocenters. The molecule has 6 bridgehead atoms. The van der Waals surface area contributed by atoms with Crippen molar-refractivity contribution in [3.8, 4) is 11.1 Å². The van der Waals surface area contributed by atoms with E-state index >= 15 is 0 Å². The third kappa shape index (κ3) is 4.86. The van der Waals surface area contributed by atoms with E-state index < -0.39 is 8.07 Å². The normalized spacial score (nSPS) is 14.1. The Morgan fingerprint density at radius 2 is 0.814 bits per heavy atom. The SMILES string of the molecule is CC(C)(C)c1cc2ccc3c4cc(c5ccc(c1)c2c35)N(c1ccccc1)c1cccc(c1)[Si]1(c2cccc(c2)N4c2ccccc2)c2ccccc2-c2ccccc21. The summed E-state index contributed by atoms with van der Waals surface area (Å²) < 4.78 is 0. The van der Waals surface area contributed by atoms with Crippen molar-refractivity contribution in [1.29, 1.82) is 0 Å². The van der Waals surface area contributed by atoms with E-state index in [2.05, 4.69) is 231 Å². The highest BCUT2D eigenvalue weighted by Crippen LogP contribution is 2.50. The van der Waals surface area contributed by atoms with Gasteiger partial charge in [-0.25, -0.2) is 0 Å². The molecular formula is C56H42N2Si. The summed E-state index contributed by atoms with van der Waals surface area (Å²) >= 11 is 0. The van der Waals surface area contributed by atoms with Crippen molar-refractivity contribution in [2.24, 2.45) is 0 Å². The van der Waals surface area contributed by atoms with Crippen LogP contribution in [0.4, 0.5) is 34.1 Å². The van der Waals surface area contributed by atoms with E-state index in [-0.39, 0.29) is 5.41 Å². The molecule has 2 aliphatic heterocycles. The molecule has 0 fully saturated rings. The standard InChI is InChI=1S/C56H42N2Si/c1-56(2,3)39-32-37-28-30-48-50-36-51(49-31-29-38(33-39)54(37)55(48)49)58(41-18-8-5-9-19-41)43-21-15-23-45(35-43)59(52-26-12-10-24-46(52)47-25-11-13-27-53(47)59)44-22-14-20-42(34-44)57(50)40-16-6-4-7-17-40/h4-36H,1-3H3. The van der Waals surface area contributed by atoms with Gasteiger partial charge in [-0.05, 0) is 114 Å². The molecule has 0 saturated heterocycles. The number of anilines is 6. The van der Waals surface area contributed by atoms with Crippen molar-refractivity contribution in [2.45, 2.75) is 26.2 Å². The first-order chi connectivity index (χ1) is 28.9. The van der Waals surface area contributed by atoms with Gasteiger partial charge in [-0.1, -0.05) is 166 Å². The minimum Gasteiger partial charge on any atom is -0.310 e. The van der Waals surface area contributed by atoms with Gasteiger partial charge in [0.2, 0.25) is 0 Å². The maximum absolute atomic E-state index is 2.85. The molecule has 0 radical (unpaired) electrons. The first kappa shape index (κ1) is 34.1. The molecule has 0 unspecified atom stereocenters. The second kappa shape index (κ2) is 12.5. The Labute approximate surface area is 346 Å². The molecule has 12 rings (SSSR count). The lowest BCUT2D eigenvalue weighted by Gasteiger charge is -2.36. The molecule has 2 nitrogen and oxygen atoms in total. The second-order valence-corrected chi connectivity index (χ2v) is 21.1. The fourth-order valence-electron chi connectivity index (χ4n) is 10.5. The van der Waals surface area contributed by atoms with Gasteiger partial charge in [0.15, 0.2) is 8.07 Å². The van der Waals surface area contributed by atoms with Gasteiger partial charge in [-0.15, -0.1) is 0 Å². The summed E-state index contributed by atoms with van der Waals surface area (Å²) in [4.78, 5) is 5.04. The molecule has 0 N–H and O–H groups in total. The minimum absolute atomic E-state index is 0.0276. The summed E-state index contributed by atoms with van der Waals surface area (Å²) in [5.74, 6) is 0. The zero-order valence-electron chi connectivity index (χ0n) is 33.4. The number of benzene rings is 10. The second-order valence-electron chi connectivity index (χ2n) is 17.3. The molecule has 0 aromatic heterocycles. The van der Waals surface area contributed by atoms with E-state index in [1.54, 1.807) is 0 Å². The Hall–Kier alpha value is -6.94. The Morgan fingerprint density at radius 1 is 0.373 bits per heavy atom. The molecule has 1 spiro atoms. The highest BCUT2D eigenvalue weighted by Gasteiger charge is 2.49. The predicted octanol–water partition coefficient (Wildman–Crippen LogP) is 12.5. The van der Waals surface area contributed by atoms with Crippen LogP contribution >= 0.6 is 0 Å². The molecule has 0 aliphatic carbocycles. The first-order valence-corrected chi connectivity index (χ1v) is 22.8. The minimum atomic E-state index is -2.85. The molecule has 0 amide bonds. The zero-order chi connectivity index (χ0) is 39.5. The third-order valence-electron chi connectivity index (χ3n) is 13.1. The summed E-state index contributed by atoms with van der Waals surface area (Å²) in [7, 11) is -2.85. The van der Waals surface area contributed by atoms with Crippen LogP contribution in [0.3, 0.4) is 0 Å². The van der Waals surface area contributed by atoms with Crippen LogP contribution in [0, 0.1) is 0 Å². The Kier molecular flexibility index (Phi) is 7.25. The topological polar surface area (TPSA) is 6.48 Å². The summed E-state index contributed by atoms with van der Waals surface area (Å²) in [6.07, 6.45) is 0. The van der Waals surface area contributed by atoms with Crippen LogP contribution in [-0.2, 0) is 5.41 Å². The fraction of sp³-hybridized carbons (Fsp3) is 0.0714. The molecule has 10 aromatic carbocycles. The number of hydrogen-bond donors (Lipinski definition) is 0. The van der Waals surface area contributed by atoms with E-state index in [1.807, 2.05) is 0 Å². The quantitative estimate of drug-likeness (QED) is 0.128. The van der Waals surface area contributed by atoms with E-state index in [0.717, 1.165) is 34.1 Å². The van der Waals surface area contributed by atoms with E-state index in [1.165, 1.54) is 69.8 Å². The Balaban J connectivity index is 1.28. The van der Waals surface area contributed by atoms with Gasteiger partial charge in [0.05, 0.1) is 11.4 Å². The molecule has 0 saturated carbocycles. The van der Waals surface area contributed by atoms with Gasteiger partial charge in [0.1, 0.15) is 0 Å². The van der Waals surface area contributed by atoms with Crippen LogP contribution in [0.2, 0.25) is 0 Å². The number of nitrogens with zero attached hydrogens (tertiary/aromatic N) is 2. The number of hydrogen-bond acceptors (Lipinski definition) is 2. The monoisotopic (exact) mass is 770 g/mol. The Bertz CT molecular complexity index is 3070. The summed E-state index contributed by atoms with van der Waals surface area (Å²) in [5, 5.41) is 13.3. The first-order valence-electron chi connectivity index (χ1n) is 20.8. The summed E-state index contributed by atoms with van der Waals surface area (Å²) in [6, 6.07) is 76.2. The maximum atomic E-state index is 2.52. The van der Waals surface area contributed by atoms with Crippen LogP contribution in [0.5, 0.6) is 0 Å². The van der Waals surface area contributed by atoms with Gasteiger partial charge in [-0.3, -0.25) is 0 Å². The third-order valence-corrected chi connectivity index (χ3v) is 17.9. The van der Waals surface area contributed by atoms with Gasteiger partial charge in [-0.2, -0.15) is 0 Å². The lowest BCUT2D eigenvalue weighted by atomic mass is 9.83. The van der Waals surface area contributed by atoms with E-state index in [4.69, 9.17) is 0 Å². The van der Waals surface area contributed by atoms with Crippen molar-refractivity contribution in [3.05, 3.63) is 206 Å². The van der Waals surface area contributed by atoms with Crippen molar-refractivity contribution in [1.82, 2.24) is 0 Å². The van der Waals surface area contributed by atoms with Gasteiger partial charge < -0.3 is 9.80 Å². The zero-order valence-corrected chi connectivity index (χ0v) is 34.4. The van der Waals surface area contributed by atoms with Crippen LogP contribution in [-0.4, -0.2) is 8.07 Å². The fourth-order valence-corrected chi connectivity index (χ4v) is 15.7. The van der Waals surface area contributed by atoms with E-state index in [0.29, 0.717) is 0 Å². The summed E-state index contributed by atoms with van der Waals surface area (Å²) in [5.41, 5.74) is 11.0. The van der Waals surface area contributed by atoms with E-state index in [9.17, 15) is 0 Å². The van der Waals surface area contributed by atoms with Crippen molar-refractivity contribution in [2.75, 3.05) is 9.80 Å². The predicted molar refractivity (Wildman–Crippen MR) is 254 cm³/mol. The summed E-state index contributed by atoms with van der Waals surface area (Å²) in [6.45, 7) is 6.94. The largest absolute Gasteiger partial charge is 0.310 e. The number of para-hydroxylation sites is 2. The van der Waals surface area contributed by atoms with Gasteiger partial charge >= 0.3 is 0 Å². The molecule has 280 valence electrons. The van der Waals surface area contributed by atoms with Crippen LogP contribution < -0.4 is 30.5 Å². The number of fused-ring (bicyclic) bond motifs is 15. The van der Waals surface area contributed by atoms with Crippen molar-refractivity contribution < 1.29 is 0 Å². The average molecular weight is 771 g/mol. The highest BCUT2D eigenvalue weighted by molar-refractivity contribution is 7.22. The molecule has 10 aromatic rings. The maximum Gasteiger partial charge on any atom is 0.181 e. The average Bonchev–Trinajstić information content (AvgIpc) is 3.58. The molecule has 2 heterocycles. The lowest BCUT2D eigenvalue weighted by molar-refractivity contribution is 0.591. The number of rotatable bonds is 2. The smallest absolute Gasteiger partial charge is 0.181 e. The van der Waals surface area contributed by atoms with Crippen LogP contribution in [0.1, 0.15) is 26.3 Å². The lowest BCUT2D eigenvalue weighted by Crippen LogP contribution is -2.72. The molecule has 2 aliphatic rings. The molecule has 59 heavy (non-hydrogen) atoms. The molecular weight excluding hydrogens is 729 g/mol. The van der Waals surface area contributed by atoms with Crippen LogP contribution in [0.25, 0.3) is 43.4 Å². The Morgan fingerprint density at radius 3 is 1.29 bits per heavy atom. The van der Waals surface area contributed by atoms with Crippen molar-refractivity contribution in [3.63, 3.8) is 0 Å². The highest BCUT2D eigenvalue weighted by atomic mass is 28.3.